The second-order valence-corrected chi connectivity index (χ2v) is 5.76. The summed E-state index contributed by atoms with van der Waals surface area (Å²) in [4.78, 5) is 16.3. The third-order valence-electron chi connectivity index (χ3n) is 3.97. The van der Waals surface area contributed by atoms with Gasteiger partial charge in [0.1, 0.15) is 5.76 Å². The fraction of sp³-hybridized carbons (Fsp3) is 0.200. The van der Waals surface area contributed by atoms with Gasteiger partial charge in [-0.05, 0) is 48.2 Å². The van der Waals surface area contributed by atoms with Crippen molar-refractivity contribution in [3.8, 4) is 11.3 Å². The van der Waals surface area contributed by atoms with E-state index in [2.05, 4.69) is 29.4 Å². The largest absolute Gasteiger partial charge is 0.464 e. The van der Waals surface area contributed by atoms with Gasteiger partial charge in [0.25, 0.3) is 0 Å². The van der Waals surface area contributed by atoms with Gasteiger partial charge in [0.15, 0.2) is 0 Å². The molecule has 0 bridgehead atoms. The number of nitrogens with one attached hydrogen (secondary N) is 1. The van der Waals surface area contributed by atoms with Crippen molar-refractivity contribution in [2.24, 2.45) is 0 Å². The average Bonchev–Trinajstić information content (AvgIpc) is 3.14. The lowest BCUT2D eigenvalue weighted by atomic mass is 10.0. The predicted octanol–water partition coefficient (Wildman–Crippen LogP) is 3.90. The third-order valence-corrected chi connectivity index (χ3v) is 3.97. The molecule has 4 nitrogen and oxygen atoms in total. The normalized spacial score (nSPS) is 10.5. The zero-order chi connectivity index (χ0) is 16.8. The van der Waals surface area contributed by atoms with Crippen LogP contribution in [-0.4, -0.2) is 10.9 Å². The number of furan rings is 1. The van der Waals surface area contributed by atoms with Crippen molar-refractivity contribution >= 4 is 5.91 Å². The minimum Gasteiger partial charge on any atom is -0.464 e. The standard InChI is InChI=1S/C20H20N2O2/c1-15-5-2-3-6-17(15)8-9-20(23)22-13-16-11-18(14-21-12-16)19-7-4-10-24-19/h2-7,10-12,14H,8-9,13H2,1H3,(H,22,23). The SMILES string of the molecule is Cc1ccccc1CCC(=O)NCc1cncc(-c2ccco2)c1. The number of carbonyl (C=O) groups excluding carboxylic acids is 1. The van der Waals surface area contributed by atoms with Crippen LogP contribution in [-0.2, 0) is 17.8 Å². The summed E-state index contributed by atoms with van der Waals surface area (Å²) in [6, 6.07) is 13.9. The Hall–Kier alpha value is -2.88. The molecular formula is C20H20N2O2. The Morgan fingerprint density at radius 3 is 2.83 bits per heavy atom. The van der Waals surface area contributed by atoms with Crippen molar-refractivity contribution in [1.29, 1.82) is 0 Å². The molecule has 0 spiro atoms. The molecule has 0 aliphatic heterocycles. The molecule has 0 saturated carbocycles. The lowest BCUT2D eigenvalue weighted by molar-refractivity contribution is -0.121. The van der Waals surface area contributed by atoms with E-state index in [9.17, 15) is 4.79 Å². The molecule has 0 fully saturated rings. The van der Waals surface area contributed by atoms with E-state index in [1.165, 1.54) is 11.1 Å². The molecule has 3 rings (SSSR count). The van der Waals surface area contributed by atoms with Gasteiger partial charge in [0.2, 0.25) is 5.91 Å². The van der Waals surface area contributed by atoms with Gasteiger partial charge in [-0.25, -0.2) is 0 Å². The van der Waals surface area contributed by atoms with E-state index in [0.29, 0.717) is 13.0 Å². The second kappa shape index (κ2) is 7.59. The Morgan fingerprint density at radius 1 is 1.17 bits per heavy atom. The van der Waals surface area contributed by atoms with Crippen molar-refractivity contribution in [2.75, 3.05) is 0 Å². The first-order valence-corrected chi connectivity index (χ1v) is 8.01. The molecule has 0 aliphatic rings. The minimum absolute atomic E-state index is 0.0432. The molecule has 1 aromatic carbocycles. The molecule has 0 radical (unpaired) electrons. The van der Waals surface area contributed by atoms with Crippen LogP contribution >= 0.6 is 0 Å². The summed E-state index contributed by atoms with van der Waals surface area (Å²) >= 11 is 0. The Kier molecular flexibility index (Phi) is 5.06. The molecular weight excluding hydrogens is 300 g/mol. The maximum atomic E-state index is 12.1. The van der Waals surface area contributed by atoms with E-state index in [0.717, 1.165) is 23.3 Å². The maximum Gasteiger partial charge on any atom is 0.220 e. The molecule has 0 saturated heterocycles. The lowest BCUT2D eigenvalue weighted by Crippen LogP contribution is -2.23. The van der Waals surface area contributed by atoms with Crippen LogP contribution in [0.3, 0.4) is 0 Å². The Balaban J connectivity index is 1.53. The molecule has 122 valence electrons. The smallest absolute Gasteiger partial charge is 0.220 e. The van der Waals surface area contributed by atoms with Crippen LogP contribution in [0.4, 0.5) is 0 Å². The number of hydrogen-bond donors (Lipinski definition) is 1. The summed E-state index contributed by atoms with van der Waals surface area (Å²) in [6.07, 6.45) is 6.38. The number of aromatic nitrogens is 1. The highest BCUT2D eigenvalue weighted by Gasteiger charge is 2.06. The van der Waals surface area contributed by atoms with Crippen molar-refractivity contribution < 1.29 is 9.21 Å². The fourth-order valence-electron chi connectivity index (χ4n) is 2.59. The van der Waals surface area contributed by atoms with E-state index >= 15 is 0 Å². The van der Waals surface area contributed by atoms with Crippen LogP contribution in [0.25, 0.3) is 11.3 Å². The Morgan fingerprint density at radius 2 is 2.04 bits per heavy atom. The van der Waals surface area contributed by atoms with Crippen LogP contribution < -0.4 is 5.32 Å². The van der Waals surface area contributed by atoms with Crippen molar-refractivity contribution in [1.82, 2.24) is 10.3 Å². The van der Waals surface area contributed by atoms with E-state index in [-0.39, 0.29) is 5.91 Å². The molecule has 3 aromatic rings. The summed E-state index contributed by atoms with van der Waals surface area (Å²) in [5, 5.41) is 2.95. The first-order valence-electron chi connectivity index (χ1n) is 8.01. The van der Waals surface area contributed by atoms with Gasteiger partial charge < -0.3 is 9.73 Å². The molecule has 1 N–H and O–H groups in total. The first-order chi connectivity index (χ1) is 11.7. The van der Waals surface area contributed by atoms with Crippen LogP contribution in [0, 0.1) is 6.92 Å². The molecule has 0 unspecified atom stereocenters. The van der Waals surface area contributed by atoms with E-state index < -0.39 is 0 Å². The monoisotopic (exact) mass is 320 g/mol. The van der Waals surface area contributed by atoms with Crippen molar-refractivity contribution in [3.05, 3.63) is 77.8 Å². The van der Waals surface area contributed by atoms with Gasteiger partial charge in [0.05, 0.1) is 6.26 Å². The molecule has 0 atom stereocenters. The van der Waals surface area contributed by atoms with E-state index in [4.69, 9.17) is 4.42 Å². The molecule has 2 aromatic heterocycles. The number of pyridine rings is 1. The van der Waals surface area contributed by atoms with Crippen molar-refractivity contribution in [2.45, 2.75) is 26.3 Å². The third kappa shape index (κ3) is 4.10. The van der Waals surface area contributed by atoms with E-state index in [1.54, 1.807) is 18.7 Å². The molecule has 1 amide bonds. The Labute approximate surface area is 141 Å². The molecule has 4 heteroatoms. The lowest BCUT2D eigenvalue weighted by Gasteiger charge is -2.08. The van der Waals surface area contributed by atoms with Crippen LogP contribution in [0.2, 0.25) is 0 Å². The molecule has 2 heterocycles. The number of aryl methyl sites for hydroxylation is 2. The summed E-state index contributed by atoms with van der Waals surface area (Å²) < 4.78 is 5.37. The summed E-state index contributed by atoms with van der Waals surface area (Å²) in [5.74, 6) is 0.817. The quantitative estimate of drug-likeness (QED) is 0.749. The summed E-state index contributed by atoms with van der Waals surface area (Å²) in [5.41, 5.74) is 4.30. The summed E-state index contributed by atoms with van der Waals surface area (Å²) in [6.45, 7) is 2.53. The van der Waals surface area contributed by atoms with Crippen molar-refractivity contribution in [3.63, 3.8) is 0 Å². The van der Waals surface area contributed by atoms with Gasteiger partial charge in [-0.2, -0.15) is 0 Å². The Bertz CT molecular complexity index is 810. The maximum absolute atomic E-state index is 12.1. The van der Waals surface area contributed by atoms with Crippen LogP contribution in [0.1, 0.15) is 23.1 Å². The second-order valence-electron chi connectivity index (χ2n) is 5.76. The number of hydrogen-bond acceptors (Lipinski definition) is 3. The first kappa shape index (κ1) is 16.0. The topological polar surface area (TPSA) is 55.1 Å². The fourth-order valence-corrected chi connectivity index (χ4v) is 2.59. The number of amides is 1. The number of carbonyl (C=O) groups is 1. The predicted molar refractivity (Wildman–Crippen MR) is 93.3 cm³/mol. The van der Waals surface area contributed by atoms with Crippen LogP contribution in [0.15, 0.2) is 65.5 Å². The number of rotatable bonds is 6. The van der Waals surface area contributed by atoms with Gasteiger partial charge in [-0.15, -0.1) is 0 Å². The van der Waals surface area contributed by atoms with Gasteiger partial charge >= 0.3 is 0 Å². The average molecular weight is 320 g/mol. The molecule has 24 heavy (non-hydrogen) atoms. The van der Waals surface area contributed by atoms with E-state index in [1.807, 2.05) is 30.3 Å². The zero-order valence-electron chi connectivity index (χ0n) is 13.7. The van der Waals surface area contributed by atoms with Gasteiger partial charge in [0, 0.05) is 30.9 Å². The minimum atomic E-state index is 0.0432. The highest BCUT2D eigenvalue weighted by molar-refractivity contribution is 5.76. The van der Waals surface area contributed by atoms with Gasteiger partial charge in [-0.3, -0.25) is 9.78 Å². The van der Waals surface area contributed by atoms with Crippen LogP contribution in [0.5, 0.6) is 0 Å². The number of benzene rings is 1. The zero-order valence-corrected chi connectivity index (χ0v) is 13.7. The number of nitrogens with zero attached hydrogens (tertiary/aromatic N) is 1. The summed E-state index contributed by atoms with van der Waals surface area (Å²) in [7, 11) is 0. The highest BCUT2D eigenvalue weighted by Crippen LogP contribution is 2.19. The molecule has 0 aliphatic carbocycles. The highest BCUT2D eigenvalue weighted by atomic mass is 16.3. The van der Waals surface area contributed by atoms with Gasteiger partial charge in [-0.1, -0.05) is 24.3 Å².